The third-order valence-electron chi connectivity index (χ3n) is 3.65. The summed E-state index contributed by atoms with van der Waals surface area (Å²) in [6, 6.07) is 7.43. The second-order valence-corrected chi connectivity index (χ2v) is 5.17. The predicted molar refractivity (Wildman–Crippen MR) is 76.2 cm³/mol. The molecule has 0 bridgehead atoms. The number of amides is 1. The molecule has 1 aromatic rings. The molecule has 1 atom stereocenters. The average molecular weight is 278 g/mol. The van der Waals surface area contributed by atoms with Crippen molar-refractivity contribution in [2.75, 3.05) is 26.3 Å². The first-order valence-corrected chi connectivity index (χ1v) is 7.03. The maximum atomic E-state index is 12.1. The number of benzene rings is 1. The minimum absolute atomic E-state index is 0.0222. The molecule has 1 aliphatic heterocycles. The lowest BCUT2D eigenvalue weighted by Crippen LogP contribution is -2.43. The van der Waals surface area contributed by atoms with Gasteiger partial charge in [0.25, 0.3) is 5.91 Å². The van der Waals surface area contributed by atoms with Crippen LogP contribution in [0, 0.1) is 5.92 Å². The number of hydrogen-bond donors (Lipinski definition) is 2. The van der Waals surface area contributed by atoms with Crippen molar-refractivity contribution in [2.45, 2.75) is 19.4 Å². The van der Waals surface area contributed by atoms with Crippen molar-refractivity contribution >= 4 is 5.91 Å². The van der Waals surface area contributed by atoms with Gasteiger partial charge in [0, 0.05) is 26.2 Å². The zero-order valence-corrected chi connectivity index (χ0v) is 11.6. The largest absolute Gasteiger partial charge is 0.484 e. The number of ether oxygens (including phenoxy) is 1. The van der Waals surface area contributed by atoms with Crippen LogP contribution in [0.5, 0.6) is 5.75 Å². The lowest BCUT2D eigenvalue weighted by molar-refractivity contribution is -0.135. The Morgan fingerprint density at radius 2 is 2.15 bits per heavy atom. The Hall–Kier alpha value is -1.59. The summed E-state index contributed by atoms with van der Waals surface area (Å²) in [4.78, 5) is 13.8. The van der Waals surface area contributed by atoms with E-state index in [-0.39, 0.29) is 25.0 Å². The summed E-state index contributed by atoms with van der Waals surface area (Å²) >= 11 is 0. The number of aliphatic hydroxyl groups is 1. The first-order chi connectivity index (χ1) is 9.72. The fourth-order valence-corrected chi connectivity index (χ4v) is 2.40. The van der Waals surface area contributed by atoms with Crippen LogP contribution in [0.1, 0.15) is 18.4 Å². The number of nitrogens with zero attached hydrogens (tertiary/aromatic N) is 1. The maximum absolute atomic E-state index is 12.1. The number of rotatable bonds is 5. The molecule has 0 aliphatic carbocycles. The van der Waals surface area contributed by atoms with Gasteiger partial charge in [-0.25, -0.2) is 0 Å². The average Bonchev–Trinajstić information content (AvgIpc) is 2.53. The van der Waals surface area contributed by atoms with Crippen molar-refractivity contribution in [2.24, 2.45) is 11.7 Å². The highest BCUT2D eigenvalue weighted by Gasteiger charge is 2.23. The lowest BCUT2D eigenvalue weighted by atomic mass is 9.99. The van der Waals surface area contributed by atoms with E-state index in [9.17, 15) is 4.79 Å². The van der Waals surface area contributed by atoms with Gasteiger partial charge in [-0.1, -0.05) is 12.1 Å². The SMILES string of the molecule is NCc1ccc(OCC(=O)N2CCCC(CO)C2)cc1. The van der Waals surface area contributed by atoms with E-state index in [1.54, 1.807) is 4.90 Å². The van der Waals surface area contributed by atoms with Crippen molar-refractivity contribution in [3.8, 4) is 5.75 Å². The number of likely N-dealkylation sites (tertiary alicyclic amines) is 1. The Bertz CT molecular complexity index is 433. The standard InChI is InChI=1S/C15H22N2O3/c16-8-12-3-5-14(6-4-12)20-11-15(19)17-7-1-2-13(9-17)10-18/h3-6,13,18H,1-2,7-11,16H2. The molecular weight excluding hydrogens is 256 g/mol. The molecule has 1 fully saturated rings. The minimum Gasteiger partial charge on any atom is -0.484 e. The summed E-state index contributed by atoms with van der Waals surface area (Å²) in [5.74, 6) is 0.855. The summed E-state index contributed by atoms with van der Waals surface area (Å²) in [5, 5.41) is 9.17. The molecule has 2 rings (SSSR count). The van der Waals surface area contributed by atoms with E-state index in [0.29, 0.717) is 18.8 Å². The van der Waals surface area contributed by atoms with Gasteiger partial charge >= 0.3 is 0 Å². The number of hydrogen-bond acceptors (Lipinski definition) is 4. The molecule has 20 heavy (non-hydrogen) atoms. The number of carbonyl (C=O) groups is 1. The van der Waals surface area contributed by atoms with Gasteiger partial charge < -0.3 is 20.5 Å². The van der Waals surface area contributed by atoms with Crippen molar-refractivity contribution in [1.29, 1.82) is 0 Å². The zero-order chi connectivity index (χ0) is 14.4. The Kier molecular flexibility index (Phi) is 5.38. The van der Waals surface area contributed by atoms with Gasteiger partial charge in [-0.05, 0) is 36.5 Å². The van der Waals surface area contributed by atoms with Crippen molar-refractivity contribution < 1.29 is 14.6 Å². The van der Waals surface area contributed by atoms with Gasteiger partial charge in [0.15, 0.2) is 6.61 Å². The quantitative estimate of drug-likeness (QED) is 0.833. The van der Waals surface area contributed by atoms with Crippen LogP contribution >= 0.6 is 0 Å². The summed E-state index contributed by atoms with van der Waals surface area (Å²) < 4.78 is 5.49. The highest BCUT2D eigenvalue weighted by atomic mass is 16.5. The van der Waals surface area contributed by atoms with E-state index in [4.69, 9.17) is 15.6 Å². The van der Waals surface area contributed by atoms with Gasteiger partial charge in [0.05, 0.1) is 0 Å². The molecule has 1 amide bonds. The third kappa shape index (κ3) is 3.95. The van der Waals surface area contributed by atoms with Crippen molar-refractivity contribution in [1.82, 2.24) is 4.90 Å². The van der Waals surface area contributed by atoms with Crippen LogP contribution in [0.3, 0.4) is 0 Å². The second kappa shape index (κ2) is 7.26. The van der Waals surface area contributed by atoms with Gasteiger partial charge in [-0.3, -0.25) is 4.79 Å². The smallest absolute Gasteiger partial charge is 0.260 e. The highest BCUT2D eigenvalue weighted by molar-refractivity contribution is 5.77. The lowest BCUT2D eigenvalue weighted by Gasteiger charge is -2.31. The minimum atomic E-state index is -0.0222. The third-order valence-corrected chi connectivity index (χ3v) is 3.65. The molecule has 0 saturated carbocycles. The first kappa shape index (κ1) is 14.8. The number of carbonyl (C=O) groups excluding carboxylic acids is 1. The number of aliphatic hydroxyl groups excluding tert-OH is 1. The Balaban J connectivity index is 1.81. The summed E-state index contributed by atoms with van der Waals surface area (Å²) in [7, 11) is 0. The monoisotopic (exact) mass is 278 g/mol. The van der Waals surface area contributed by atoms with E-state index >= 15 is 0 Å². The van der Waals surface area contributed by atoms with Crippen LogP contribution in [0.2, 0.25) is 0 Å². The molecule has 5 heteroatoms. The van der Waals surface area contributed by atoms with Gasteiger partial charge in [0.2, 0.25) is 0 Å². The van der Waals surface area contributed by atoms with Crippen LogP contribution in [-0.4, -0.2) is 42.2 Å². The van der Waals surface area contributed by atoms with Gasteiger partial charge in [-0.15, -0.1) is 0 Å². The fourth-order valence-electron chi connectivity index (χ4n) is 2.40. The summed E-state index contributed by atoms with van der Waals surface area (Å²) in [6.45, 7) is 2.07. The van der Waals surface area contributed by atoms with Crippen LogP contribution in [0.25, 0.3) is 0 Å². The number of nitrogens with two attached hydrogens (primary N) is 1. The van der Waals surface area contributed by atoms with Crippen LogP contribution in [0.4, 0.5) is 0 Å². The molecule has 0 radical (unpaired) electrons. The Morgan fingerprint density at radius 1 is 1.40 bits per heavy atom. The summed E-state index contributed by atoms with van der Waals surface area (Å²) in [6.07, 6.45) is 1.93. The van der Waals surface area contributed by atoms with E-state index in [1.807, 2.05) is 24.3 Å². The second-order valence-electron chi connectivity index (χ2n) is 5.17. The van der Waals surface area contributed by atoms with Crippen LogP contribution in [-0.2, 0) is 11.3 Å². The summed E-state index contributed by atoms with van der Waals surface area (Å²) in [5.41, 5.74) is 6.56. The normalized spacial score (nSPS) is 18.9. The van der Waals surface area contributed by atoms with E-state index < -0.39 is 0 Å². The van der Waals surface area contributed by atoms with E-state index in [2.05, 4.69) is 0 Å². The Labute approximate surface area is 119 Å². The molecule has 1 aromatic carbocycles. The van der Waals surface area contributed by atoms with E-state index in [0.717, 1.165) is 24.9 Å². The Morgan fingerprint density at radius 3 is 2.80 bits per heavy atom. The molecule has 0 spiro atoms. The topological polar surface area (TPSA) is 75.8 Å². The highest BCUT2D eigenvalue weighted by Crippen LogP contribution is 2.16. The maximum Gasteiger partial charge on any atom is 0.260 e. The number of piperidine rings is 1. The first-order valence-electron chi connectivity index (χ1n) is 7.03. The van der Waals surface area contributed by atoms with Crippen LogP contribution < -0.4 is 10.5 Å². The predicted octanol–water partition coefficient (Wildman–Crippen LogP) is 0.755. The van der Waals surface area contributed by atoms with Crippen LogP contribution in [0.15, 0.2) is 24.3 Å². The molecule has 5 nitrogen and oxygen atoms in total. The molecule has 110 valence electrons. The van der Waals surface area contributed by atoms with Crippen molar-refractivity contribution in [3.63, 3.8) is 0 Å². The fraction of sp³-hybridized carbons (Fsp3) is 0.533. The molecule has 1 saturated heterocycles. The molecule has 0 aromatic heterocycles. The molecule has 1 aliphatic rings. The zero-order valence-electron chi connectivity index (χ0n) is 11.6. The molecule has 3 N–H and O–H groups in total. The van der Waals surface area contributed by atoms with Gasteiger partial charge in [0.1, 0.15) is 5.75 Å². The van der Waals surface area contributed by atoms with Crippen molar-refractivity contribution in [3.05, 3.63) is 29.8 Å². The van der Waals surface area contributed by atoms with Gasteiger partial charge in [-0.2, -0.15) is 0 Å². The molecular formula is C15H22N2O3. The molecule has 1 unspecified atom stereocenters. The molecule has 1 heterocycles. The van der Waals surface area contributed by atoms with E-state index in [1.165, 1.54) is 0 Å².